The smallest absolute Gasteiger partial charge is 0.410 e. The van der Waals surface area contributed by atoms with Crippen LogP contribution in [0.4, 0.5) is 4.79 Å². The van der Waals surface area contributed by atoms with Crippen LogP contribution in [0.25, 0.3) is 0 Å². The number of halogens is 1. The average molecular weight is 475 g/mol. The number of carbonyl (C=O) groups is 1. The number of β-amino-alcohol motifs (C(OH)–C–C–N with tert-alkyl or cyclic N) is 1. The first kappa shape index (κ1) is 22.2. The minimum atomic E-state index is -3.78. The standard InChI is InChI=1S/C20H27ClN2O5S2/c1-2-15-12-29-13-18(23(15)30(26,27)17-5-3-14(21)4-6-17)20(8-9-20)28-19(25)22-10-7-16(24)11-22/h3-6,15-16,18,24H,2,7-13H2,1H3/t15-,16+,18-/m1/s1. The predicted octanol–water partition coefficient (Wildman–Crippen LogP) is 2.96. The van der Waals surface area contributed by atoms with Crippen molar-refractivity contribution in [3.05, 3.63) is 29.3 Å². The van der Waals surface area contributed by atoms with Crippen LogP contribution in [0.5, 0.6) is 0 Å². The molecule has 1 amide bonds. The molecule has 4 rings (SSSR count). The van der Waals surface area contributed by atoms with Crippen molar-refractivity contribution in [1.29, 1.82) is 0 Å². The molecule has 1 saturated carbocycles. The minimum Gasteiger partial charge on any atom is -0.441 e. The maximum absolute atomic E-state index is 13.6. The first-order chi connectivity index (χ1) is 14.3. The van der Waals surface area contributed by atoms with E-state index in [0.717, 1.165) is 0 Å². The van der Waals surface area contributed by atoms with E-state index < -0.39 is 33.9 Å². The second-order valence-electron chi connectivity index (χ2n) is 8.23. The maximum Gasteiger partial charge on any atom is 0.410 e. The van der Waals surface area contributed by atoms with E-state index in [-0.39, 0.29) is 17.5 Å². The molecule has 1 aromatic carbocycles. The molecule has 10 heteroatoms. The first-order valence-electron chi connectivity index (χ1n) is 10.3. The summed E-state index contributed by atoms with van der Waals surface area (Å²) in [6.45, 7) is 2.70. The number of rotatable bonds is 5. The van der Waals surface area contributed by atoms with Crippen molar-refractivity contribution in [2.24, 2.45) is 0 Å². The number of carbonyl (C=O) groups excluding carboxylic acids is 1. The zero-order chi connectivity index (χ0) is 21.5. The predicted molar refractivity (Wildman–Crippen MR) is 116 cm³/mol. The van der Waals surface area contributed by atoms with Gasteiger partial charge in [-0.3, -0.25) is 0 Å². The summed E-state index contributed by atoms with van der Waals surface area (Å²) in [6.07, 6.45) is 1.52. The molecule has 0 aromatic heterocycles. The zero-order valence-electron chi connectivity index (χ0n) is 16.9. The number of sulfonamides is 1. The van der Waals surface area contributed by atoms with Crippen LogP contribution in [0.15, 0.2) is 29.2 Å². The number of hydrogen-bond donors (Lipinski definition) is 1. The fraction of sp³-hybridized carbons (Fsp3) is 0.650. The van der Waals surface area contributed by atoms with E-state index in [0.29, 0.717) is 48.8 Å². The van der Waals surface area contributed by atoms with E-state index in [4.69, 9.17) is 16.3 Å². The fourth-order valence-corrected chi connectivity index (χ4v) is 8.01. The highest BCUT2D eigenvalue weighted by molar-refractivity contribution is 7.99. The minimum absolute atomic E-state index is 0.167. The molecule has 1 aromatic rings. The lowest BCUT2D eigenvalue weighted by atomic mass is 10.1. The van der Waals surface area contributed by atoms with Crippen LogP contribution in [-0.4, -0.2) is 77.2 Å². The molecular formula is C20H27ClN2O5S2. The van der Waals surface area contributed by atoms with Gasteiger partial charge in [-0.1, -0.05) is 18.5 Å². The quantitative estimate of drug-likeness (QED) is 0.706. The Hall–Kier alpha value is -1.00. The molecule has 166 valence electrons. The van der Waals surface area contributed by atoms with E-state index in [2.05, 4.69) is 0 Å². The molecule has 0 unspecified atom stereocenters. The van der Waals surface area contributed by atoms with Gasteiger partial charge >= 0.3 is 6.09 Å². The molecule has 3 fully saturated rings. The largest absolute Gasteiger partial charge is 0.441 e. The highest BCUT2D eigenvalue weighted by atomic mass is 35.5. The lowest BCUT2D eigenvalue weighted by Gasteiger charge is -2.44. The van der Waals surface area contributed by atoms with Crippen molar-refractivity contribution >= 4 is 39.5 Å². The Morgan fingerprint density at radius 3 is 2.57 bits per heavy atom. The van der Waals surface area contributed by atoms with Crippen LogP contribution in [-0.2, 0) is 14.8 Å². The molecule has 2 aliphatic heterocycles. The summed E-state index contributed by atoms with van der Waals surface area (Å²) >= 11 is 7.66. The van der Waals surface area contributed by atoms with Gasteiger partial charge in [-0.15, -0.1) is 0 Å². The Morgan fingerprint density at radius 1 is 1.30 bits per heavy atom. The average Bonchev–Trinajstić information content (AvgIpc) is 3.38. The number of thioether (sulfide) groups is 1. The lowest BCUT2D eigenvalue weighted by molar-refractivity contribution is 0.0132. The monoisotopic (exact) mass is 474 g/mol. The summed E-state index contributed by atoms with van der Waals surface area (Å²) < 4.78 is 34.8. The highest BCUT2D eigenvalue weighted by Crippen LogP contribution is 2.49. The number of aliphatic hydroxyl groups is 1. The van der Waals surface area contributed by atoms with E-state index in [9.17, 15) is 18.3 Å². The third-order valence-electron chi connectivity index (χ3n) is 6.18. The molecule has 1 N–H and O–H groups in total. The SMILES string of the molecule is CC[C@@H]1CSC[C@H](C2(OC(=O)N3CC[C@H](O)C3)CC2)N1S(=O)(=O)c1ccc(Cl)cc1. The van der Waals surface area contributed by atoms with Crippen molar-refractivity contribution in [1.82, 2.24) is 9.21 Å². The maximum atomic E-state index is 13.6. The van der Waals surface area contributed by atoms with Crippen molar-refractivity contribution < 1.29 is 23.1 Å². The number of aliphatic hydroxyl groups excluding tert-OH is 1. The van der Waals surface area contributed by atoms with Crippen LogP contribution in [0, 0.1) is 0 Å². The van der Waals surface area contributed by atoms with E-state index in [1.807, 2.05) is 6.92 Å². The van der Waals surface area contributed by atoms with Gasteiger partial charge < -0.3 is 14.7 Å². The Kier molecular flexibility index (Phi) is 6.29. The van der Waals surface area contributed by atoms with Gasteiger partial charge in [0.25, 0.3) is 0 Å². The molecule has 3 atom stereocenters. The summed E-state index contributed by atoms with van der Waals surface area (Å²) in [5.74, 6) is 1.29. The topological polar surface area (TPSA) is 87.2 Å². The summed E-state index contributed by atoms with van der Waals surface area (Å²) in [5, 5.41) is 10.2. The molecule has 3 aliphatic rings. The van der Waals surface area contributed by atoms with Gasteiger partial charge in [0.1, 0.15) is 5.60 Å². The molecule has 7 nitrogen and oxygen atoms in total. The van der Waals surface area contributed by atoms with Gasteiger partial charge in [0.2, 0.25) is 10.0 Å². The van der Waals surface area contributed by atoms with Gasteiger partial charge in [-0.2, -0.15) is 16.1 Å². The third-order valence-corrected chi connectivity index (χ3v) is 9.58. The molecule has 1 aliphatic carbocycles. The Labute approximate surface area is 186 Å². The van der Waals surface area contributed by atoms with E-state index in [1.165, 1.54) is 17.0 Å². The van der Waals surface area contributed by atoms with Gasteiger partial charge in [0.15, 0.2) is 0 Å². The molecule has 0 spiro atoms. The van der Waals surface area contributed by atoms with Crippen molar-refractivity contribution in [2.45, 2.75) is 61.3 Å². The molecular weight excluding hydrogens is 448 g/mol. The third kappa shape index (κ3) is 4.19. The highest BCUT2D eigenvalue weighted by Gasteiger charge is 2.60. The van der Waals surface area contributed by atoms with Crippen LogP contribution >= 0.6 is 23.4 Å². The van der Waals surface area contributed by atoms with Gasteiger partial charge in [0, 0.05) is 35.7 Å². The number of benzene rings is 1. The second-order valence-corrected chi connectivity index (χ2v) is 11.6. The normalized spacial score (nSPS) is 29.0. The number of likely N-dealkylation sites (tertiary alicyclic amines) is 1. The molecule has 0 radical (unpaired) electrons. The van der Waals surface area contributed by atoms with E-state index in [1.54, 1.807) is 28.2 Å². The second kappa shape index (κ2) is 8.50. The van der Waals surface area contributed by atoms with Gasteiger partial charge in [-0.05, 0) is 49.9 Å². The number of nitrogens with zero attached hydrogens (tertiary/aromatic N) is 2. The fourth-order valence-electron chi connectivity index (χ4n) is 4.26. The summed E-state index contributed by atoms with van der Waals surface area (Å²) in [4.78, 5) is 14.4. The van der Waals surface area contributed by atoms with Crippen molar-refractivity contribution in [2.75, 3.05) is 24.6 Å². The first-order valence-corrected chi connectivity index (χ1v) is 13.3. The zero-order valence-corrected chi connectivity index (χ0v) is 19.3. The Morgan fingerprint density at radius 2 is 2.00 bits per heavy atom. The van der Waals surface area contributed by atoms with Crippen LogP contribution < -0.4 is 0 Å². The number of amides is 1. The molecule has 30 heavy (non-hydrogen) atoms. The van der Waals surface area contributed by atoms with Crippen LogP contribution in [0.3, 0.4) is 0 Å². The number of hydrogen-bond acceptors (Lipinski definition) is 6. The van der Waals surface area contributed by atoms with Gasteiger partial charge in [0.05, 0.1) is 17.0 Å². The number of ether oxygens (including phenoxy) is 1. The van der Waals surface area contributed by atoms with Crippen molar-refractivity contribution in [3.63, 3.8) is 0 Å². The van der Waals surface area contributed by atoms with Crippen molar-refractivity contribution in [3.8, 4) is 0 Å². The Balaban J connectivity index is 1.62. The summed E-state index contributed by atoms with van der Waals surface area (Å²) in [5.41, 5.74) is -0.801. The lowest BCUT2D eigenvalue weighted by Crippen LogP contribution is -2.59. The van der Waals surface area contributed by atoms with Gasteiger partial charge in [-0.25, -0.2) is 13.2 Å². The molecule has 2 saturated heterocycles. The van der Waals surface area contributed by atoms with E-state index >= 15 is 0 Å². The van der Waals surface area contributed by atoms with Crippen LogP contribution in [0.2, 0.25) is 5.02 Å². The summed E-state index contributed by atoms with van der Waals surface area (Å²) in [7, 11) is -3.78. The molecule has 2 heterocycles. The molecule has 0 bridgehead atoms. The van der Waals surface area contributed by atoms with Crippen LogP contribution in [0.1, 0.15) is 32.6 Å². The summed E-state index contributed by atoms with van der Waals surface area (Å²) in [6, 6.07) is 5.63. The Bertz CT molecular complexity index is 891.